The van der Waals surface area contributed by atoms with E-state index in [9.17, 15) is 13.2 Å². The normalized spacial score (nSPS) is 11.5. The molecule has 112 valence electrons. The molecular weight excluding hydrogens is 299 g/mol. The van der Waals surface area contributed by atoms with Gasteiger partial charge in [0.1, 0.15) is 0 Å². The SMILES string of the molecule is Cc1ccc(C)c(CNc2cc(C(F)(F)F)ccc2Cl)c1. The van der Waals surface area contributed by atoms with Gasteiger partial charge in [-0.25, -0.2) is 0 Å². The highest BCUT2D eigenvalue weighted by molar-refractivity contribution is 6.33. The summed E-state index contributed by atoms with van der Waals surface area (Å²) in [6.45, 7) is 4.36. The zero-order valence-electron chi connectivity index (χ0n) is 11.7. The maximum atomic E-state index is 12.7. The van der Waals surface area contributed by atoms with Gasteiger partial charge in [0.25, 0.3) is 0 Å². The van der Waals surface area contributed by atoms with Gasteiger partial charge in [-0.2, -0.15) is 13.2 Å². The Balaban J connectivity index is 2.22. The first-order valence-corrected chi connectivity index (χ1v) is 6.82. The molecule has 0 bridgehead atoms. The lowest BCUT2D eigenvalue weighted by atomic mass is 10.1. The van der Waals surface area contributed by atoms with Crippen molar-refractivity contribution >= 4 is 17.3 Å². The minimum atomic E-state index is -4.37. The molecule has 0 aliphatic carbocycles. The van der Waals surface area contributed by atoms with Gasteiger partial charge in [-0.05, 0) is 43.2 Å². The van der Waals surface area contributed by atoms with Crippen molar-refractivity contribution in [2.75, 3.05) is 5.32 Å². The van der Waals surface area contributed by atoms with Crippen molar-refractivity contribution < 1.29 is 13.2 Å². The van der Waals surface area contributed by atoms with Crippen LogP contribution >= 0.6 is 11.6 Å². The molecule has 0 amide bonds. The van der Waals surface area contributed by atoms with Crippen LogP contribution in [-0.2, 0) is 12.7 Å². The summed E-state index contributed by atoms with van der Waals surface area (Å²) < 4.78 is 38.1. The quantitative estimate of drug-likeness (QED) is 0.779. The number of hydrogen-bond acceptors (Lipinski definition) is 1. The summed E-state index contributed by atoms with van der Waals surface area (Å²) in [6.07, 6.45) is -4.37. The van der Waals surface area contributed by atoms with Crippen LogP contribution in [0.3, 0.4) is 0 Å². The van der Waals surface area contributed by atoms with E-state index in [-0.39, 0.29) is 10.7 Å². The summed E-state index contributed by atoms with van der Waals surface area (Å²) in [4.78, 5) is 0. The molecule has 5 heteroatoms. The maximum Gasteiger partial charge on any atom is 0.416 e. The third-order valence-corrected chi connectivity index (χ3v) is 3.60. The number of alkyl halides is 3. The van der Waals surface area contributed by atoms with Crippen molar-refractivity contribution in [2.24, 2.45) is 0 Å². The Morgan fingerprint density at radius 2 is 1.76 bits per heavy atom. The molecule has 0 saturated heterocycles. The standard InChI is InChI=1S/C16H15ClF3N/c1-10-3-4-11(2)12(7-10)9-21-15-8-13(16(18,19)20)5-6-14(15)17/h3-8,21H,9H2,1-2H3. The Morgan fingerprint density at radius 1 is 1.05 bits per heavy atom. The number of benzene rings is 2. The van der Waals surface area contributed by atoms with E-state index in [1.807, 2.05) is 32.0 Å². The molecule has 0 saturated carbocycles. The first-order chi connectivity index (χ1) is 9.77. The van der Waals surface area contributed by atoms with Gasteiger partial charge >= 0.3 is 6.18 Å². The van der Waals surface area contributed by atoms with Crippen LogP contribution < -0.4 is 5.32 Å². The predicted octanol–water partition coefficient (Wildman–Crippen LogP) is 5.59. The van der Waals surface area contributed by atoms with Gasteiger partial charge in [-0.3, -0.25) is 0 Å². The Labute approximate surface area is 126 Å². The van der Waals surface area contributed by atoms with Crippen LogP contribution in [0.1, 0.15) is 22.3 Å². The van der Waals surface area contributed by atoms with E-state index in [0.29, 0.717) is 6.54 Å². The van der Waals surface area contributed by atoms with Crippen LogP contribution in [0.15, 0.2) is 36.4 Å². The highest BCUT2D eigenvalue weighted by atomic mass is 35.5. The minimum absolute atomic E-state index is 0.272. The van der Waals surface area contributed by atoms with Crippen LogP contribution in [0.4, 0.5) is 18.9 Å². The van der Waals surface area contributed by atoms with Crippen molar-refractivity contribution in [2.45, 2.75) is 26.6 Å². The third kappa shape index (κ3) is 3.91. The molecule has 0 unspecified atom stereocenters. The van der Waals surface area contributed by atoms with Crippen LogP contribution in [0.2, 0.25) is 5.02 Å². The van der Waals surface area contributed by atoms with Gasteiger partial charge in [-0.1, -0.05) is 35.4 Å². The van der Waals surface area contributed by atoms with Gasteiger partial charge in [0, 0.05) is 6.54 Å². The van der Waals surface area contributed by atoms with Crippen LogP contribution in [0.5, 0.6) is 0 Å². The van der Waals surface area contributed by atoms with Crippen molar-refractivity contribution in [3.05, 3.63) is 63.7 Å². The summed E-state index contributed by atoms with van der Waals surface area (Å²) >= 11 is 5.95. The van der Waals surface area contributed by atoms with Crippen LogP contribution in [0, 0.1) is 13.8 Å². The fraction of sp³-hybridized carbons (Fsp3) is 0.250. The molecule has 2 aromatic carbocycles. The third-order valence-electron chi connectivity index (χ3n) is 3.27. The zero-order valence-corrected chi connectivity index (χ0v) is 12.4. The van der Waals surface area contributed by atoms with Crippen LogP contribution in [0.25, 0.3) is 0 Å². The molecule has 0 aromatic heterocycles. The maximum absolute atomic E-state index is 12.7. The molecule has 0 aliphatic rings. The highest BCUT2D eigenvalue weighted by Crippen LogP contribution is 2.34. The molecule has 21 heavy (non-hydrogen) atoms. The van der Waals surface area contributed by atoms with Gasteiger partial charge in [-0.15, -0.1) is 0 Å². The summed E-state index contributed by atoms with van der Waals surface area (Å²) in [5.74, 6) is 0. The average Bonchev–Trinajstić information content (AvgIpc) is 2.40. The zero-order chi connectivity index (χ0) is 15.6. The molecule has 0 heterocycles. The van der Waals surface area contributed by atoms with Gasteiger partial charge in [0.2, 0.25) is 0 Å². The van der Waals surface area contributed by atoms with Crippen LogP contribution in [-0.4, -0.2) is 0 Å². The van der Waals surface area contributed by atoms with Crippen molar-refractivity contribution in [1.82, 2.24) is 0 Å². The predicted molar refractivity (Wildman–Crippen MR) is 79.7 cm³/mol. The summed E-state index contributed by atoms with van der Waals surface area (Å²) in [6, 6.07) is 9.26. The molecule has 0 fully saturated rings. The van der Waals surface area contributed by atoms with Crippen molar-refractivity contribution in [1.29, 1.82) is 0 Å². The summed E-state index contributed by atoms with van der Waals surface area (Å²) in [5.41, 5.74) is 2.79. The largest absolute Gasteiger partial charge is 0.416 e. The fourth-order valence-electron chi connectivity index (χ4n) is 2.02. The molecule has 1 nitrogen and oxygen atoms in total. The van der Waals surface area contributed by atoms with E-state index in [1.165, 1.54) is 6.07 Å². The Hall–Kier alpha value is -1.68. The first-order valence-electron chi connectivity index (χ1n) is 6.44. The van der Waals surface area contributed by atoms with E-state index in [0.717, 1.165) is 28.8 Å². The van der Waals surface area contributed by atoms with E-state index in [1.54, 1.807) is 0 Å². The lowest BCUT2D eigenvalue weighted by Gasteiger charge is -2.14. The molecule has 1 N–H and O–H groups in total. The van der Waals surface area contributed by atoms with Gasteiger partial charge in [0.15, 0.2) is 0 Å². The molecule has 2 aromatic rings. The lowest BCUT2D eigenvalue weighted by molar-refractivity contribution is -0.137. The van der Waals surface area contributed by atoms with E-state index < -0.39 is 11.7 Å². The second-order valence-corrected chi connectivity index (χ2v) is 5.38. The smallest absolute Gasteiger partial charge is 0.380 e. The number of rotatable bonds is 3. The highest BCUT2D eigenvalue weighted by Gasteiger charge is 2.30. The second kappa shape index (κ2) is 5.98. The first kappa shape index (κ1) is 15.7. The number of anilines is 1. The summed E-state index contributed by atoms with van der Waals surface area (Å²) in [7, 11) is 0. The van der Waals surface area contributed by atoms with Gasteiger partial charge in [0.05, 0.1) is 16.3 Å². The second-order valence-electron chi connectivity index (χ2n) is 4.98. The fourth-order valence-corrected chi connectivity index (χ4v) is 2.20. The summed E-state index contributed by atoms with van der Waals surface area (Å²) in [5, 5.41) is 3.25. The lowest BCUT2D eigenvalue weighted by Crippen LogP contribution is -2.07. The number of aryl methyl sites for hydroxylation is 2. The van der Waals surface area contributed by atoms with E-state index in [2.05, 4.69) is 5.32 Å². The Morgan fingerprint density at radius 3 is 2.43 bits per heavy atom. The van der Waals surface area contributed by atoms with E-state index >= 15 is 0 Å². The average molecular weight is 314 g/mol. The monoisotopic (exact) mass is 313 g/mol. The van der Waals surface area contributed by atoms with E-state index in [4.69, 9.17) is 11.6 Å². The number of halogens is 4. The molecule has 2 rings (SSSR count). The Bertz CT molecular complexity index is 650. The molecule has 0 aliphatic heterocycles. The van der Waals surface area contributed by atoms with Crippen molar-refractivity contribution in [3.63, 3.8) is 0 Å². The van der Waals surface area contributed by atoms with Crippen molar-refractivity contribution in [3.8, 4) is 0 Å². The van der Waals surface area contributed by atoms with Gasteiger partial charge < -0.3 is 5.32 Å². The number of hydrogen-bond donors (Lipinski definition) is 1. The molecule has 0 atom stereocenters. The molecule has 0 spiro atoms. The molecular formula is C16H15ClF3N. The molecule has 0 radical (unpaired) electrons. The minimum Gasteiger partial charge on any atom is -0.380 e. The topological polar surface area (TPSA) is 12.0 Å². The Kier molecular flexibility index (Phi) is 4.47. The number of nitrogens with one attached hydrogen (secondary N) is 1.